The van der Waals surface area contributed by atoms with Crippen molar-refractivity contribution >= 4 is 14.8 Å². The van der Waals surface area contributed by atoms with Gasteiger partial charge in [-0.25, -0.2) is 5.53 Å². The molecule has 5 heteroatoms. The largest absolute Gasteiger partial charge is 0.286 e. The van der Waals surface area contributed by atoms with E-state index in [4.69, 9.17) is 0 Å². The van der Waals surface area contributed by atoms with Gasteiger partial charge in [0.15, 0.2) is 5.58 Å². The summed E-state index contributed by atoms with van der Waals surface area (Å²) in [5, 5.41) is 3.64. The first kappa shape index (κ1) is 3.84. The van der Waals surface area contributed by atoms with E-state index in [9.17, 15) is 0 Å². The first-order chi connectivity index (χ1) is 2.89. The molecular weight excluding hydrogens is 99.0 g/mol. The van der Waals surface area contributed by atoms with E-state index >= 15 is 0 Å². The Balaban J connectivity index is 2.45. The van der Waals surface area contributed by atoms with E-state index < -0.39 is 0 Å². The van der Waals surface area contributed by atoms with Crippen molar-refractivity contribution in [3.63, 3.8) is 0 Å². The van der Waals surface area contributed by atoms with E-state index in [1.807, 2.05) is 0 Å². The Bertz CT molecular complexity index is 77.6. The smallest absolute Gasteiger partial charge is 0.155 e. The Morgan fingerprint density at radius 3 is 2.67 bits per heavy atom. The molecule has 0 saturated carbocycles. The summed E-state index contributed by atoms with van der Waals surface area (Å²) in [6.07, 6.45) is 0. The van der Waals surface area contributed by atoms with Gasteiger partial charge in [0, 0.05) is 0 Å². The minimum atomic E-state index is 0.773. The molecule has 1 heterocycles. The number of nitrogens with one attached hydrogen (secondary N) is 3. The monoisotopic (exact) mass is 104 g/mol. The topological polar surface area (TPSA) is 48.5 Å². The zero-order chi connectivity index (χ0) is 4.41. The molecule has 0 aromatic heterocycles. The van der Waals surface area contributed by atoms with Crippen LogP contribution in [-0.2, 0) is 0 Å². The fourth-order valence-corrected chi connectivity index (χ4v) is 0.345. The molecule has 1 rings (SSSR count). The molecule has 0 spiro atoms. The summed E-state index contributed by atoms with van der Waals surface area (Å²) < 4.78 is 0. The number of rotatable bonds is 0. The van der Waals surface area contributed by atoms with Gasteiger partial charge in [-0.1, -0.05) is 9.24 Å². The molecule has 1 unspecified atom stereocenters. The lowest BCUT2D eigenvalue weighted by atomic mass is 11.3. The minimum absolute atomic E-state index is 0.773. The second kappa shape index (κ2) is 1.41. The zero-order valence-electron chi connectivity index (χ0n) is 3.02. The number of amidine groups is 1. The molecule has 0 amide bonds. The highest BCUT2D eigenvalue weighted by molar-refractivity contribution is 7.40. The highest BCUT2D eigenvalue weighted by Gasteiger charge is 1.90. The molecule has 0 fully saturated rings. The van der Waals surface area contributed by atoms with Crippen molar-refractivity contribution in [3.05, 3.63) is 0 Å². The highest BCUT2D eigenvalue weighted by atomic mass is 31.0. The van der Waals surface area contributed by atoms with Crippen molar-refractivity contribution in [2.24, 2.45) is 5.10 Å². The number of hydrazine groups is 2. The Morgan fingerprint density at radius 2 is 2.50 bits per heavy atom. The number of hydrogen-bond acceptors (Lipinski definition) is 4. The normalized spacial score (nSPS) is 18.5. The van der Waals surface area contributed by atoms with Gasteiger partial charge in [-0.05, 0) is 0 Å². The van der Waals surface area contributed by atoms with Gasteiger partial charge in [-0.2, -0.15) is 0 Å². The molecule has 1 atom stereocenters. The summed E-state index contributed by atoms with van der Waals surface area (Å²) in [6, 6.07) is 0. The highest BCUT2D eigenvalue weighted by Crippen LogP contribution is 1.82. The Kier molecular flexibility index (Phi) is 0.900. The van der Waals surface area contributed by atoms with Gasteiger partial charge in [0.2, 0.25) is 0 Å². The van der Waals surface area contributed by atoms with Crippen molar-refractivity contribution in [1.29, 1.82) is 0 Å². The van der Waals surface area contributed by atoms with Crippen LogP contribution in [0.2, 0.25) is 0 Å². The van der Waals surface area contributed by atoms with Crippen LogP contribution in [0.15, 0.2) is 5.10 Å². The lowest BCUT2D eigenvalue weighted by Crippen LogP contribution is -2.33. The molecule has 0 aromatic carbocycles. The zero-order valence-corrected chi connectivity index (χ0v) is 4.18. The fourth-order valence-electron chi connectivity index (χ4n) is 0.208. The van der Waals surface area contributed by atoms with Gasteiger partial charge in [-0.15, -0.1) is 10.6 Å². The van der Waals surface area contributed by atoms with E-state index in [1.54, 1.807) is 0 Å². The molecule has 34 valence electrons. The summed E-state index contributed by atoms with van der Waals surface area (Å²) in [6.45, 7) is 0. The maximum absolute atomic E-state index is 3.64. The Morgan fingerprint density at radius 1 is 1.67 bits per heavy atom. The third-order valence-electron chi connectivity index (χ3n) is 0.423. The molecule has 1 aliphatic rings. The first-order valence-corrected chi connectivity index (χ1v) is 2.06. The van der Waals surface area contributed by atoms with E-state index in [0.717, 1.165) is 5.58 Å². The molecule has 1 aliphatic heterocycles. The third-order valence-corrected chi connectivity index (χ3v) is 0.696. The van der Waals surface area contributed by atoms with E-state index in [2.05, 4.69) is 30.8 Å². The molecule has 0 radical (unpaired) electrons. The van der Waals surface area contributed by atoms with Gasteiger partial charge < -0.3 is 0 Å². The molecule has 3 N–H and O–H groups in total. The third kappa shape index (κ3) is 0.584. The van der Waals surface area contributed by atoms with Crippen LogP contribution < -0.4 is 16.5 Å². The second-order valence-electron chi connectivity index (χ2n) is 0.859. The van der Waals surface area contributed by atoms with Crippen LogP contribution in [0.5, 0.6) is 0 Å². The molecule has 0 aromatic rings. The SMILES string of the molecule is PC1=NNNN1. The molecule has 0 saturated heterocycles. The van der Waals surface area contributed by atoms with Crippen LogP contribution in [0.25, 0.3) is 0 Å². The van der Waals surface area contributed by atoms with Crippen molar-refractivity contribution in [1.82, 2.24) is 16.5 Å². The minimum Gasteiger partial charge on any atom is -0.286 e. The lowest BCUT2D eigenvalue weighted by molar-refractivity contribution is 0.578. The van der Waals surface area contributed by atoms with Crippen molar-refractivity contribution in [2.45, 2.75) is 0 Å². The number of hydrogen-bond donors (Lipinski definition) is 3. The van der Waals surface area contributed by atoms with Crippen LogP contribution in [0.3, 0.4) is 0 Å². The second-order valence-corrected chi connectivity index (χ2v) is 1.41. The van der Waals surface area contributed by atoms with Gasteiger partial charge in [0.1, 0.15) is 0 Å². The standard InChI is InChI=1S/CH5N4P/c6-1-2-4-5-3-1/h4-5H,6H2,(H,2,3). The van der Waals surface area contributed by atoms with Gasteiger partial charge >= 0.3 is 0 Å². The number of hydrazone groups is 1. The van der Waals surface area contributed by atoms with Crippen molar-refractivity contribution in [3.8, 4) is 0 Å². The average molecular weight is 104 g/mol. The Hall–Kier alpha value is -0.340. The molecule has 6 heavy (non-hydrogen) atoms. The van der Waals surface area contributed by atoms with Gasteiger partial charge in [-0.3, -0.25) is 5.43 Å². The van der Waals surface area contributed by atoms with E-state index in [-0.39, 0.29) is 0 Å². The fraction of sp³-hybridized carbons (Fsp3) is 0. The first-order valence-electron chi connectivity index (χ1n) is 1.49. The lowest BCUT2D eigenvalue weighted by Gasteiger charge is -1.86. The van der Waals surface area contributed by atoms with E-state index in [1.165, 1.54) is 0 Å². The Labute approximate surface area is 37.5 Å². The van der Waals surface area contributed by atoms with Gasteiger partial charge in [0.05, 0.1) is 0 Å². The maximum atomic E-state index is 3.64. The van der Waals surface area contributed by atoms with Gasteiger partial charge in [0.25, 0.3) is 0 Å². The van der Waals surface area contributed by atoms with Crippen LogP contribution in [0, 0.1) is 0 Å². The van der Waals surface area contributed by atoms with Crippen LogP contribution in [0.4, 0.5) is 0 Å². The summed E-state index contributed by atoms with van der Waals surface area (Å²) in [5.41, 5.74) is 8.47. The van der Waals surface area contributed by atoms with Crippen molar-refractivity contribution in [2.75, 3.05) is 0 Å². The summed E-state index contributed by atoms with van der Waals surface area (Å²) in [7, 11) is 2.39. The van der Waals surface area contributed by atoms with E-state index in [0.29, 0.717) is 0 Å². The van der Waals surface area contributed by atoms with Crippen LogP contribution in [0.1, 0.15) is 0 Å². The quantitative estimate of drug-likeness (QED) is 0.336. The predicted molar refractivity (Wildman–Crippen MR) is 26.6 cm³/mol. The summed E-state index contributed by atoms with van der Waals surface area (Å²) in [5.74, 6) is 0. The summed E-state index contributed by atoms with van der Waals surface area (Å²) >= 11 is 0. The predicted octanol–water partition coefficient (Wildman–Crippen LogP) is -1.26. The van der Waals surface area contributed by atoms with Crippen LogP contribution >= 0.6 is 9.24 Å². The summed E-state index contributed by atoms with van der Waals surface area (Å²) in [4.78, 5) is 0. The van der Waals surface area contributed by atoms with Crippen LogP contribution in [-0.4, -0.2) is 5.58 Å². The number of nitrogens with zero attached hydrogens (tertiary/aromatic N) is 1. The molecule has 0 bridgehead atoms. The molecular formula is CH5N4P. The van der Waals surface area contributed by atoms with Crippen molar-refractivity contribution < 1.29 is 0 Å². The average Bonchev–Trinajstić information content (AvgIpc) is 1.86. The molecule has 4 nitrogen and oxygen atoms in total. The molecule has 0 aliphatic carbocycles. The maximum Gasteiger partial charge on any atom is 0.155 e.